The van der Waals surface area contributed by atoms with E-state index in [2.05, 4.69) is 74.8 Å². The van der Waals surface area contributed by atoms with E-state index in [0.717, 1.165) is 50.1 Å². The number of aryl methyl sites for hydroxylation is 2. The van der Waals surface area contributed by atoms with E-state index in [0.29, 0.717) is 25.0 Å². The number of para-hydroxylation sites is 1. The van der Waals surface area contributed by atoms with E-state index >= 15 is 0 Å². The fourth-order valence-corrected chi connectivity index (χ4v) is 5.50. The van der Waals surface area contributed by atoms with E-state index in [1.54, 1.807) is 4.68 Å². The van der Waals surface area contributed by atoms with Gasteiger partial charge < -0.3 is 10.2 Å². The first-order chi connectivity index (χ1) is 16.7. The van der Waals surface area contributed by atoms with Gasteiger partial charge in [-0.05, 0) is 48.4 Å². The molecule has 3 heterocycles. The van der Waals surface area contributed by atoms with E-state index in [1.165, 1.54) is 17.5 Å². The standard InChI is InChI=1S/C28H35N5O/c1-31-18-23(17-30-31)11-14-28(34)32-20-24-9-5-6-10-27(24)29-16-15-25-12-13-26(21-32)33(25)19-22-7-3-2-4-8-22/h2-10,17-18,25-26,29H,11-16,19-21H2,1H3/t25-,26+/m0/s1. The minimum absolute atomic E-state index is 0.223. The number of hydrogen-bond acceptors (Lipinski definition) is 4. The van der Waals surface area contributed by atoms with Gasteiger partial charge in [-0.2, -0.15) is 5.10 Å². The summed E-state index contributed by atoms with van der Waals surface area (Å²) in [5, 5.41) is 7.93. The third-order valence-corrected chi connectivity index (χ3v) is 7.32. The predicted molar refractivity (Wildman–Crippen MR) is 135 cm³/mol. The molecule has 1 saturated heterocycles. The van der Waals surface area contributed by atoms with Gasteiger partial charge in [0.15, 0.2) is 0 Å². The number of nitrogens with one attached hydrogen (secondary N) is 1. The van der Waals surface area contributed by atoms with Crippen molar-refractivity contribution in [1.29, 1.82) is 0 Å². The second kappa shape index (κ2) is 10.4. The Hall–Kier alpha value is -3.12. The Morgan fingerprint density at radius 2 is 1.79 bits per heavy atom. The van der Waals surface area contributed by atoms with Crippen LogP contribution in [0.4, 0.5) is 5.69 Å². The molecule has 2 bridgehead atoms. The van der Waals surface area contributed by atoms with Crippen LogP contribution in [0.5, 0.6) is 0 Å². The number of fused-ring (bicyclic) bond motifs is 3. The molecular formula is C28H35N5O. The van der Waals surface area contributed by atoms with Crippen LogP contribution in [0.2, 0.25) is 0 Å². The number of carbonyl (C=O) groups excluding carboxylic acids is 1. The maximum Gasteiger partial charge on any atom is 0.223 e. The first-order valence-corrected chi connectivity index (χ1v) is 12.5. The Bertz CT molecular complexity index is 1090. The van der Waals surface area contributed by atoms with Gasteiger partial charge in [-0.15, -0.1) is 0 Å². The molecule has 0 radical (unpaired) electrons. The molecule has 5 rings (SSSR count). The molecule has 6 nitrogen and oxygen atoms in total. The molecule has 0 aliphatic carbocycles. The smallest absolute Gasteiger partial charge is 0.223 e. The Morgan fingerprint density at radius 3 is 2.62 bits per heavy atom. The molecular weight excluding hydrogens is 422 g/mol. The minimum Gasteiger partial charge on any atom is -0.385 e. The summed E-state index contributed by atoms with van der Waals surface area (Å²) in [5.74, 6) is 0.223. The molecule has 6 heteroatoms. The average molecular weight is 458 g/mol. The lowest BCUT2D eigenvalue weighted by Crippen LogP contribution is -2.44. The second-order valence-corrected chi connectivity index (χ2v) is 9.71. The van der Waals surface area contributed by atoms with Crippen molar-refractivity contribution in [1.82, 2.24) is 19.6 Å². The third-order valence-electron chi connectivity index (χ3n) is 7.32. The van der Waals surface area contributed by atoms with Gasteiger partial charge in [0.2, 0.25) is 5.91 Å². The van der Waals surface area contributed by atoms with Gasteiger partial charge in [0, 0.05) is 63.6 Å². The molecule has 1 N–H and O–H groups in total. The van der Waals surface area contributed by atoms with Crippen LogP contribution in [0.3, 0.4) is 0 Å². The number of anilines is 1. The van der Waals surface area contributed by atoms with Crippen molar-refractivity contribution in [2.45, 2.75) is 57.3 Å². The first kappa shape index (κ1) is 22.7. The van der Waals surface area contributed by atoms with Gasteiger partial charge in [-0.25, -0.2) is 0 Å². The molecule has 178 valence electrons. The zero-order valence-corrected chi connectivity index (χ0v) is 20.1. The minimum atomic E-state index is 0.223. The van der Waals surface area contributed by atoms with Crippen molar-refractivity contribution in [2.24, 2.45) is 7.05 Å². The van der Waals surface area contributed by atoms with Crippen molar-refractivity contribution >= 4 is 11.6 Å². The monoisotopic (exact) mass is 457 g/mol. The number of hydrogen-bond donors (Lipinski definition) is 1. The molecule has 2 aromatic carbocycles. The van der Waals surface area contributed by atoms with Crippen molar-refractivity contribution in [3.63, 3.8) is 0 Å². The Labute approximate surface area is 202 Å². The van der Waals surface area contributed by atoms with Crippen LogP contribution in [-0.2, 0) is 31.4 Å². The van der Waals surface area contributed by atoms with Crippen molar-refractivity contribution < 1.29 is 4.79 Å². The molecule has 0 spiro atoms. The summed E-state index contributed by atoms with van der Waals surface area (Å²) in [6, 6.07) is 20.1. The molecule has 34 heavy (non-hydrogen) atoms. The van der Waals surface area contributed by atoms with E-state index in [9.17, 15) is 4.79 Å². The average Bonchev–Trinajstić information content (AvgIpc) is 3.43. The van der Waals surface area contributed by atoms with E-state index in [-0.39, 0.29) is 5.91 Å². The number of rotatable bonds is 5. The molecule has 1 fully saturated rings. The highest BCUT2D eigenvalue weighted by molar-refractivity contribution is 5.76. The van der Waals surface area contributed by atoms with E-state index in [4.69, 9.17) is 0 Å². The van der Waals surface area contributed by atoms with Crippen LogP contribution in [0.1, 0.15) is 42.4 Å². The summed E-state index contributed by atoms with van der Waals surface area (Å²) in [6.45, 7) is 3.33. The van der Waals surface area contributed by atoms with Gasteiger partial charge >= 0.3 is 0 Å². The summed E-state index contributed by atoms with van der Waals surface area (Å²) in [4.78, 5) is 18.3. The molecule has 3 aromatic rings. The van der Waals surface area contributed by atoms with Gasteiger partial charge in [0.25, 0.3) is 0 Å². The van der Waals surface area contributed by atoms with Crippen molar-refractivity contribution in [3.05, 3.63) is 83.7 Å². The largest absolute Gasteiger partial charge is 0.385 e. The normalized spacial score (nSPS) is 20.9. The number of carbonyl (C=O) groups is 1. The lowest BCUT2D eigenvalue weighted by Gasteiger charge is -2.34. The summed E-state index contributed by atoms with van der Waals surface area (Å²) in [5.41, 5.74) is 4.81. The SMILES string of the molecule is Cn1cc(CCC(=O)N2Cc3ccccc3NCC[C@@H]3CC[C@H](C2)N3Cc2ccccc2)cn1. The molecule has 0 saturated carbocycles. The second-order valence-electron chi connectivity index (χ2n) is 9.71. The quantitative estimate of drug-likeness (QED) is 0.623. The summed E-state index contributed by atoms with van der Waals surface area (Å²) in [6.07, 6.45) is 8.56. The number of aromatic nitrogens is 2. The maximum atomic E-state index is 13.5. The summed E-state index contributed by atoms with van der Waals surface area (Å²) < 4.78 is 1.80. The fraction of sp³-hybridized carbons (Fsp3) is 0.429. The van der Waals surface area contributed by atoms with Crippen LogP contribution in [-0.4, -0.2) is 50.7 Å². The highest BCUT2D eigenvalue weighted by Crippen LogP contribution is 2.31. The lowest BCUT2D eigenvalue weighted by atomic mass is 10.1. The number of nitrogens with zero attached hydrogens (tertiary/aromatic N) is 4. The van der Waals surface area contributed by atoms with Crippen LogP contribution >= 0.6 is 0 Å². The number of benzene rings is 2. The fourth-order valence-electron chi connectivity index (χ4n) is 5.50. The van der Waals surface area contributed by atoms with Gasteiger partial charge in [0.05, 0.1) is 6.20 Å². The molecule has 2 aliphatic heterocycles. The lowest BCUT2D eigenvalue weighted by molar-refractivity contribution is -0.132. The Kier molecular flexibility index (Phi) is 6.95. The highest BCUT2D eigenvalue weighted by atomic mass is 16.2. The van der Waals surface area contributed by atoms with Crippen LogP contribution in [0.25, 0.3) is 0 Å². The predicted octanol–water partition coefficient (Wildman–Crippen LogP) is 4.23. The van der Waals surface area contributed by atoms with Gasteiger partial charge in [0.1, 0.15) is 0 Å². The molecule has 2 aliphatic rings. The van der Waals surface area contributed by atoms with Crippen LogP contribution in [0, 0.1) is 0 Å². The van der Waals surface area contributed by atoms with Crippen molar-refractivity contribution in [3.8, 4) is 0 Å². The molecule has 0 unspecified atom stereocenters. The third kappa shape index (κ3) is 5.33. The number of amides is 1. The topological polar surface area (TPSA) is 53.4 Å². The first-order valence-electron chi connectivity index (χ1n) is 12.5. The van der Waals surface area contributed by atoms with Crippen LogP contribution < -0.4 is 5.32 Å². The molecule has 1 amide bonds. The van der Waals surface area contributed by atoms with E-state index < -0.39 is 0 Å². The summed E-state index contributed by atoms with van der Waals surface area (Å²) in [7, 11) is 1.92. The zero-order valence-electron chi connectivity index (χ0n) is 20.1. The van der Waals surface area contributed by atoms with Crippen LogP contribution in [0.15, 0.2) is 67.0 Å². The van der Waals surface area contributed by atoms with Crippen molar-refractivity contribution in [2.75, 3.05) is 18.4 Å². The van der Waals surface area contributed by atoms with E-state index in [1.807, 2.05) is 19.4 Å². The maximum absolute atomic E-state index is 13.5. The van der Waals surface area contributed by atoms with Gasteiger partial charge in [-0.3, -0.25) is 14.4 Å². The summed E-state index contributed by atoms with van der Waals surface area (Å²) >= 11 is 0. The zero-order chi connectivity index (χ0) is 23.3. The Balaban J connectivity index is 1.38. The molecule has 2 atom stereocenters. The highest BCUT2D eigenvalue weighted by Gasteiger charge is 2.35. The molecule has 1 aromatic heterocycles. The Morgan fingerprint density at radius 1 is 1.00 bits per heavy atom. The van der Waals surface area contributed by atoms with Gasteiger partial charge in [-0.1, -0.05) is 48.5 Å².